The molecule has 100 valence electrons. The summed E-state index contributed by atoms with van der Waals surface area (Å²) in [7, 11) is 0. The van der Waals surface area contributed by atoms with Crippen molar-refractivity contribution >= 4 is 15.9 Å². The molecular weight excluding hydrogens is 293 g/mol. The van der Waals surface area contributed by atoms with E-state index in [1.807, 2.05) is 6.07 Å². The summed E-state index contributed by atoms with van der Waals surface area (Å²) in [5.41, 5.74) is 1.09. The SMILES string of the molecule is CCCNC(Cc1cc(F)cc(Br)c1)C1CCC1. The van der Waals surface area contributed by atoms with Crippen molar-refractivity contribution in [3.05, 3.63) is 34.1 Å². The minimum atomic E-state index is -0.151. The molecule has 1 aliphatic carbocycles. The van der Waals surface area contributed by atoms with Gasteiger partial charge in [-0.05, 0) is 61.9 Å². The van der Waals surface area contributed by atoms with Crippen molar-refractivity contribution in [1.29, 1.82) is 0 Å². The summed E-state index contributed by atoms with van der Waals surface area (Å²) in [6, 6.07) is 5.71. The molecule has 3 heteroatoms. The van der Waals surface area contributed by atoms with Crippen LogP contribution in [0.5, 0.6) is 0 Å². The van der Waals surface area contributed by atoms with Crippen molar-refractivity contribution < 1.29 is 4.39 Å². The summed E-state index contributed by atoms with van der Waals surface area (Å²) >= 11 is 3.36. The summed E-state index contributed by atoms with van der Waals surface area (Å²) in [4.78, 5) is 0. The molecular formula is C15H21BrFN. The molecule has 0 bridgehead atoms. The number of hydrogen-bond donors (Lipinski definition) is 1. The topological polar surface area (TPSA) is 12.0 Å². The van der Waals surface area contributed by atoms with Crippen molar-refractivity contribution in [3.63, 3.8) is 0 Å². The van der Waals surface area contributed by atoms with Gasteiger partial charge in [-0.25, -0.2) is 4.39 Å². The smallest absolute Gasteiger partial charge is 0.124 e. The normalized spacial score (nSPS) is 17.5. The molecule has 1 aromatic carbocycles. The quantitative estimate of drug-likeness (QED) is 0.825. The maximum Gasteiger partial charge on any atom is 0.124 e. The molecule has 1 unspecified atom stereocenters. The average molecular weight is 314 g/mol. The first-order valence-corrected chi connectivity index (χ1v) is 7.66. The van der Waals surface area contributed by atoms with Gasteiger partial charge in [0, 0.05) is 10.5 Å². The van der Waals surface area contributed by atoms with Crippen LogP contribution in [0.25, 0.3) is 0 Å². The molecule has 0 radical (unpaired) electrons. The third kappa shape index (κ3) is 3.79. The summed E-state index contributed by atoms with van der Waals surface area (Å²) in [5, 5.41) is 3.62. The van der Waals surface area contributed by atoms with Gasteiger partial charge in [-0.3, -0.25) is 0 Å². The van der Waals surface area contributed by atoms with E-state index in [0.29, 0.717) is 6.04 Å². The Labute approximate surface area is 117 Å². The fourth-order valence-electron chi connectivity index (χ4n) is 2.56. The van der Waals surface area contributed by atoms with Crippen LogP contribution >= 0.6 is 15.9 Å². The van der Waals surface area contributed by atoms with Gasteiger partial charge in [0.25, 0.3) is 0 Å². The molecule has 0 heterocycles. The van der Waals surface area contributed by atoms with Crippen LogP contribution in [0.15, 0.2) is 22.7 Å². The van der Waals surface area contributed by atoms with Crippen LogP contribution < -0.4 is 5.32 Å². The van der Waals surface area contributed by atoms with Crippen molar-refractivity contribution in [2.75, 3.05) is 6.54 Å². The zero-order chi connectivity index (χ0) is 13.0. The van der Waals surface area contributed by atoms with Gasteiger partial charge in [-0.1, -0.05) is 29.3 Å². The third-order valence-electron chi connectivity index (χ3n) is 3.75. The summed E-state index contributed by atoms with van der Waals surface area (Å²) < 4.78 is 14.2. The fourth-order valence-corrected chi connectivity index (χ4v) is 3.07. The van der Waals surface area contributed by atoms with E-state index < -0.39 is 0 Å². The molecule has 1 nitrogen and oxygen atoms in total. The first kappa shape index (κ1) is 14.0. The Hall–Kier alpha value is -0.410. The van der Waals surface area contributed by atoms with E-state index in [1.54, 1.807) is 6.07 Å². The lowest BCUT2D eigenvalue weighted by Gasteiger charge is -2.34. The van der Waals surface area contributed by atoms with Crippen LogP contribution in [-0.4, -0.2) is 12.6 Å². The molecule has 0 aliphatic heterocycles. The third-order valence-corrected chi connectivity index (χ3v) is 4.21. The van der Waals surface area contributed by atoms with Crippen LogP contribution in [0.2, 0.25) is 0 Å². The fraction of sp³-hybridized carbons (Fsp3) is 0.600. The average Bonchev–Trinajstić information content (AvgIpc) is 2.21. The minimum absolute atomic E-state index is 0.151. The molecule has 0 saturated heterocycles. The maximum absolute atomic E-state index is 13.4. The highest BCUT2D eigenvalue weighted by molar-refractivity contribution is 9.10. The van der Waals surface area contributed by atoms with Gasteiger partial charge in [0.15, 0.2) is 0 Å². The van der Waals surface area contributed by atoms with Crippen LogP contribution in [0, 0.1) is 11.7 Å². The highest BCUT2D eigenvalue weighted by Gasteiger charge is 2.26. The number of nitrogens with one attached hydrogen (secondary N) is 1. The van der Waals surface area contributed by atoms with E-state index in [1.165, 1.54) is 25.3 Å². The molecule has 1 aromatic rings. The van der Waals surface area contributed by atoms with Crippen LogP contribution in [0.3, 0.4) is 0 Å². The number of benzene rings is 1. The molecule has 1 saturated carbocycles. The Morgan fingerprint density at radius 3 is 2.72 bits per heavy atom. The first-order valence-electron chi connectivity index (χ1n) is 6.87. The van der Waals surface area contributed by atoms with Crippen molar-refractivity contribution in [3.8, 4) is 0 Å². The number of rotatable bonds is 6. The lowest BCUT2D eigenvalue weighted by molar-refractivity contribution is 0.227. The monoisotopic (exact) mass is 313 g/mol. The predicted octanol–water partition coefficient (Wildman–Crippen LogP) is 4.30. The van der Waals surface area contributed by atoms with Crippen LogP contribution in [0.4, 0.5) is 4.39 Å². The molecule has 0 spiro atoms. The largest absolute Gasteiger partial charge is 0.313 e. The van der Waals surface area contributed by atoms with Crippen LogP contribution in [0.1, 0.15) is 38.2 Å². The van der Waals surface area contributed by atoms with Gasteiger partial charge in [0.1, 0.15) is 5.82 Å². The van der Waals surface area contributed by atoms with Crippen molar-refractivity contribution in [1.82, 2.24) is 5.32 Å². The van der Waals surface area contributed by atoms with Gasteiger partial charge in [0.2, 0.25) is 0 Å². The minimum Gasteiger partial charge on any atom is -0.313 e. The first-order chi connectivity index (χ1) is 8.69. The molecule has 1 aliphatic rings. The standard InChI is InChI=1S/C15H21BrFN/c1-2-6-18-15(12-4-3-5-12)9-11-7-13(16)10-14(17)8-11/h7-8,10,12,15,18H,2-6,9H2,1H3. The molecule has 0 amide bonds. The van der Waals surface area contributed by atoms with E-state index in [0.717, 1.165) is 35.3 Å². The van der Waals surface area contributed by atoms with Gasteiger partial charge < -0.3 is 5.32 Å². The summed E-state index contributed by atoms with van der Waals surface area (Å²) in [6.07, 6.45) is 6.06. The maximum atomic E-state index is 13.4. The lowest BCUT2D eigenvalue weighted by Crippen LogP contribution is -2.41. The second-order valence-electron chi connectivity index (χ2n) is 5.23. The van der Waals surface area contributed by atoms with E-state index in [9.17, 15) is 4.39 Å². The van der Waals surface area contributed by atoms with E-state index in [4.69, 9.17) is 0 Å². The van der Waals surface area contributed by atoms with Gasteiger partial charge in [-0.15, -0.1) is 0 Å². The molecule has 0 aromatic heterocycles. The van der Waals surface area contributed by atoms with Gasteiger partial charge >= 0.3 is 0 Å². The van der Waals surface area contributed by atoms with Crippen LogP contribution in [-0.2, 0) is 6.42 Å². The Bertz CT molecular complexity index is 370. The highest BCUT2D eigenvalue weighted by Crippen LogP contribution is 2.31. The highest BCUT2D eigenvalue weighted by atomic mass is 79.9. The van der Waals surface area contributed by atoms with E-state index >= 15 is 0 Å². The summed E-state index contributed by atoms with van der Waals surface area (Å²) in [6.45, 7) is 3.24. The van der Waals surface area contributed by atoms with E-state index in [-0.39, 0.29) is 5.82 Å². The molecule has 1 N–H and O–H groups in total. The van der Waals surface area contributed by atoms with E-state index in [2.05, 4.69) is 28.2 Å². The zero-order valence-corrected chi connectivity index (χ0v) is 12.5. The Morgan fingerprint density at radius 2 is 2.17 bits per heavy atom. The zero-order valence-electron chi connectivity index (χ0n) is 10.9. The van der Waals surface area contributed by atoms with Crippen molar-refractivity contribution in [2.45, 2.75) is 45.1 Å². The predicted molar refractivity (Wildman–Crippen MR) is 77.2 cm³/mol. The molecule has 1 fully saturated rings. The second kappa shape index (κ2) is 6.67. The Kier molecular flexibility index (Phi) is 5.19. The van der Waals surface area contributed by atoms with Crippen molar-refractivity contribution in [2.24, 2.45) is 5.92 Å². The van der Waals surface area contributed by atoms with Gasteiger partial charge in [-0.2, -0.15) is 0 Å². The lowest BCUT2D eigenvalue weighted by atomic mass is 9.77. The molecule has 18 heavy (non-hydrogen) atoms. The number of halogens is 2. The summed E-state index contributed by atoms with van der Waals surface area (Å²) in [5.74, 6) is 0.626. The molecule has 1 atom stereocenters. The second-order valence-corrected chi connectivity index (χ2v) is 6.15. The molecule has 2 rings (SSSR count). The van der Waals surface area contributed by atoms with Gasteiger partial charge in [0.05, 0.1) is 0 Å². The Balaban J connectivity index is 2.02. The Morgan fingerprint density at radius 1 is 1.39 bits per heavy atom. The number of hydrogen-bond acceptors (Lipinski definition) is 1.